The summed E-state index contributed by atoms with van der Waals surface area (Å²) >= 11 is 5.77. The minimum Gasteiger partial charge on any atom is -0.465 e. The Balaban J connectivity index is 1.78. The van der Waals surface area contributed by atoms with Crippen molar-refractivity contribution in [2.45, 2.75) is 32.4 Å². The zero-order valence-corrected chi connectivity index (χ0v) is 20.8. The van der Waals surface area contributed by atoms with E-state index in [4.69, 9.17) is 21.7 Å². The van der Waals surface area contributed by atoms with Crippen molar-refractivity contribution in [3.8, 4) is 5.69 Å². The average Bonchev–Trinajstić information content (AvgIpc) is 3.34. The van der Waals surface area contributed by atoms with Crippen LogP contribution in [0.15, 0.2) is 54.7 Å². The fourth-order valence-electron chi connectivity index (χ4n) is 4.74. The number of hydrogen-bond donors (Lipinski definition) is 1. The van der Waals surface area contributed by atoms with Crippen molar-refractivity contribution in [2.24, 2.45) is 0 Å². The van der Waals surface area contributed by atoms with Crippen LogP contribution in [0.4, 0.5) is 0 Å². The smallest absolute Gasteiger partial charge is 0.337 e. The van der Waals surface area contributed by atoms with E-state index in [-0.39, 0.29) is 18.1 Å². The Morgan fingerprint density at radius 2 is 1.97 bits per heavy atom. The number of aromatic nitrogens is 2. The minimum absolute atomic E-state index is 0.0250. The normalized spacial score (nSPS) is 17.6. The van der Waals surface area contributed by atoms with Gasteiger partial charge in [0.25, 0.3) is 0 Å². The number of nitrogens with zero attached hydrogens (tertiary/aromatic N) is 3. The van der Waals surface area contributed by atoms with Gasteiger partial charge < -0.3 is 24.3 Å². The second kappa shape index (κ2) is 10.4. The van der Waals surface area contributed by atoms with E-state index >= 15 is 0 Å². The standard InChI is InChI=1S/C26H30N4O3S/c1-17-15-21(18(2)30(17)20-10-7-9-19(16-20)25(31)33-4)24-23(22-11-5-6-12-27-22)28-26(34)29(24)13-8-14-32-3/h5-7,9-12,15-16,23-24H,8,13-14H2,1-4H3,(H,28,34)/t23-,24+/m0/s1. The topological polar surface area (TPSA) is 68.6 Å². The molecule has 1 N–H and O–H groups in total. The number of methoxy groups -OCH3 is 2. The number of nitrogens with one attached hydrogen (secondary N) is 1. The molecule has 0 spiro atoms. The SMILES string of the molecule is COCCCN1C(=S)N[C@@H](c2ccccn2)[C@H]1c1cc(C)n(-c2cccc(C(=O)OC)c2)c1C. The maximum atomic E-state index is 12.1. The number of hydrogen-bond acceptors (Lipinski definition) is 5. The summed E-state index contributed by atoms with van der Waals surface area (Å²) in [6.45, 7) is 5.62. The molecule has 0 amide bonds. The Morgan fingerprint density at radius 3 is 2.68 bits per heavy atom. The molecule has 7 nitrogen and oxygen atoms in total. The first-order valence-corrected chi connectivity index (χ1v) is 11.7. The second-order valence-electron chi connectivity index (χ2n) is 8.37. The van der Waals surface area contributed by atoms with Gasteiger partial charge in [0.15, 0.2) is 5.11 Å². The van der Waals surface area contributed by atoms with Crippen LogP contribution in [-0.2, 0) is 9.47 Å². The van der Waals surface area contributed by atoms with Crippen LogP contribution in [0.3, 0.4) is 0 Å². The van der Waals surface area contributed by atoms with Crippen LogP contribution < -0.4 is 5.32 Å². The van der Waals surface area contributed by atoms with Gasteiger partial charge in [0.05, 0.1) is 30.5 Å². The zero-order valence-electron chi connectivity index (χ0n) is 19.9. The molecule has 8 heteroatoms. The fourth-order valence-corrected chi connectivity index (χ4v) is 5.07. The first-order valence-electron chi connectivity index (χ1n) is 11.3. The molecule has 0 bridgehead atoms. The summed E-state index contributed by atoms with van der Waals surface area (Å²) in [5.74, 6) is -0.352. The monoisotopic (exact) mass is 478 g/mol. The number of carbonyl (C=O) groups excluding carboxylic acids is 1. The van der Waals surface area contributed by atoms with E-state index in [0.29, 0.717) is 17.3 Å². The third-order valence-electron chi connectivity index (χ3n) is 6.26. The van der Waals surface area contributed by atoms with Crippen LogP contribution in [0.1, 0.15) is 51.5 Å². The molecule has 0 unspecified atom stereocenters. The van der Waals surface area contributed by atoms with Crippen molar-refractivity contribution >= 4 is 23.3 Å². The molecule has 0 aliphatic carbocycles. The first kappa shape index (κ1) is 23.9. The maximum absolute atomic E-state index is 12.1. The molecule has 1 aliphatic heterocycles. The Kier molecular flexibility index (Phi) is 7.29. The molecule has 34 heavy (non-hydrogen) atoms. The molecule has 1 fully saturated rings. The molecular formula is C26H30N4O3S. The van der Waals surface area contributed by atoms with Gasteiger partial charge in [-0.3, -0.25) is 4.98 Å². The number of esters is 1. The van der Waals surface area contributed by atoms with Crippen LogP contribution >= 0.6 is 12.2 Å². The Labute approximate surface area is 205 Å². The summed E-state index contributed by atoms with van der Waals surface area (Å²) < 4.78 is 12.4. The number of benzene rings is 1. The van der Waals surface area contributed by atoms with Gasteiger partial charge in [-0.2, -0.15) is 0 Å². The Morgan fingerprint density at radius 1 is 1.15 bits per heavy atom. The van der Waals surface area contributed by atoms with Gasteiger partial charge in [0.2, 0.25) is 0 Å². The van der Waals surface area contributed by atoms with E-state index in [1.807, 2.05) is 42.6 Å². The molecule has 3 heterocycles. The number of rotatable bonds is 8. The van der Waals surface area contributed by atoms with Gasteiger partial charge in [-0.05, 0) is 74.4 Å². The molecular weight excluding hydrogens is 448 g/mol. The number of carbonyl (C=O) groups is 1. The van der Waals surface area contributed by atoms with E-state index in [1.54, 1.807) is 13.2 Å². The van der Waals surface area contributed by atoms with Crippen LogP contribution in [0, 0.1) is 13.8 Å². The van der Waals surface area contributed by atoms with E-state index in [1.165, 1.54) is 12.7 Å². The van der Waals surface area contributed by atoms with Gasteiger partial charge in [-0.1, -0.05) is 12.1 Å². The van der Waals surface area contributed by atoms with Gasteiger partial charge in [0, 0.05) is 43.5 Å². The highest BCUT2D eigenvalue weighted by Crippen LogP contribution is 2.41. The van der Waals surface area contributed by atoms with Crippen molar-refractivity contribution < 1.29 is 14.3 Å². The van der Waals surface area contributed by atoms with Crippen molar-refractivity contribution in [2.75, 3.05) is 27.4 Å². The summed E-state index contributed by atoms with van der Waals surface area (Å²) in [5.41, 5.74) is 5.71. The predicted molar refractivity (Wildman–Crippen MR) is 135 cm³/mol. The van der Waals surface area contributed by atoms with Gasteiger partial charge >= 0.3 is 5.97 Å². The summed E-state index contributed by atoms with van der Waals surface area (Å²) in [4.78, 5) is 19.0. The number of thiocarbonyl (C=S) groups is 1. The van der Waals surface area contributed by atoms with Gasteiger partial charge in [-0.15, -0.1) is 0 Å². The predicted octanol–water partition coefficient (Wildman–Crippen LogP) is 4.28. The minimum atomic E-state index is -0.352. The van der Waals surface area contributed by atoms with E-state index < -0.39 is 0 Å². The van der Waals surface area contributed by atoms with Crippen molar-refractivity contribution in [3.05, 3.63) is 82.9 Å². The largest absolute Gasteiger partial charge is 0.465 e. The van der Waals surface area contributed by atoms with Crippen molar-refractivity contribution in [3.63, 3.8) is 0 Å². The molecule has 3 aromatic rings. The van der Waals surface area contributed by atoms with Gasteiger partial charge in [-0.25, -0.2) is 4.79 Å². The Hall–Kier alpha value is -3.23. The molecule has 4 rings (SSSR count). The highest BCUT2D eigenvalue weighted by atomic mass is 32.1. The van der Waals surface area contributed by atoms with Gasteiger partial charge in [0.1, 0.15) is 0 Å². The van der Waals surface area contributed by atoms with Crippen LogP contribution in [-0.4, -0.2) is 52.9 Å². The van der Waals surface area contributed by atoms with Crippen molar-refractivity contribution in [1.82, 2.24) is 19.8 Å². The molecule has 2 atom stereocenters. The highest BCUT2D eigenvalue weighted by Gasteiger charge is 2.41. The molecule has 0 radical (unpaired) electrons. The lowest BCUT2D eigenvalue weighted by Crippen LogP contribution is -2.31. The lowest BCUT2D eigenvalue weighted by molar-refractivity contribution is 0.0600. The first-order chi connectivity index (χ1) is 16.5. The van der Waals surface area contributed by atoms with Crippen LogP contribution in [0.25, 0.3) is 5.69 Å². The van der Waals surface area contributed by atoms with Crippen LogP contribution in [0.5, 0.6) is 0 Å². The fraction of sp³-hybridized carbons (Fsp3) is 0.346. The molecule has 0 saturated carbocycles. The number of ether oxygens (including phenoxy) is 2. The second-order valence-corrected chi connectivity index (χ2v) is 8.76. The molecule has 2 aromatic heterocycles. The lowest BCUT2D eigenvalue weighted by atomic mass is 9.96. The summed E-state index contributed by atoms with van der Waals surface area (Å²) in [7, 11) is 3.11. The molecule has 1 aliphatic rings. The average molecular weight is 479 g/mol. The number of aryl methyl sites for hydroxylation is 1. The van der Waals surface area contributed by atoms with E-state index in [9.17, 15) is 4.79 Å². The highest BCUT2D eigenvalue weighted by molar-refractivity contribution is 7.80. The van der Waals surface area contributed by atoms with Crippen LogP contribution in [0.2, 0.25) is 0 Å². The summed E-state index contributed by atoms with van der Waals surface area (Å²) in [6, 6.07) is 15.6. The molecule has 1 saturated heterocycles. The number of pyridine rings is 1. The third kappa shape index (κ3) is 4.56. The lowest BCUT2D eigenvalue weighted by Gasteiger charge is -2.28. The quantitative estimate of drug-likeness (QED) is 0.294. The molecule has 1 aromatic carbocycles. The third-order valence-corrected chi connectivity index (χ3v) is 6.61. The summed E-state index contributed by atoms with van der Waals surface area (Å²) in [6.07, 6.45) is 2.68. The zero-order chi connectivity index (χ0) is 24.2. The van der Waals surface area contributed by atoms with Crippen molar-refractivity contribution in [1.29, 1.82) is 0 Å². The van der Waals surface area contributed by atoms with E-state index in [2.05, 4.69) is 39.7 Å². The molecule has 178 valence electrons. The summed E-state index contributed by atoms with van der Waals surface area (Å²) in [5, 5.41) is 4.22. The maximum Gasteiger partial charge on any atom is 0.337 e. The Bertz CT molecular complexity index is 1180. The van der Waals surface area contributed by atoms with E-state index in [0.717, 1.165) is 35.7 Å².